The maximum absolute atomic E-state index is 12.3. The van der Waals surface area contributed by atoms with Crippen LogP contribution in [-0.2, 0) is 0 Å². The van der Waals surface area contributed by atoms with Gasteiger partial charge in [0.15, 0.2) is 5.13 Å². The molecule has 0 saturated heterocycles. The lowest BCUT2D eigenvalue weighted by molar-refractivity contribution is 0.0713. The number of carbonyl (C=O) groups is 1. The second kappa shape index (κ2) is 6.04. The summed E-state index contributed by atoms with van der Waals surface area (Å²) in [6.07, 6.45) is 0. The number of amides is 1. The van der Waals surface area contributed by atoms with Crippen LogP contribution in [-0.4, -0.2) is 35.4 Å². The summed E-state index contributed by atoms with van der Waals surface area (Å²) in [7, 11) is 1.80. The van der Waals surface area contributed by atoms with Crippen molar-refractivity contribution in [2.75, 3.05) is 24.6 Å². The Kier molecular flexibility index (Phi) is 4.95. The van der Waals surface area contributed by atoms with Crippen LogP contribution in [0.5, 0.6) is 0 Å². The Morgan fingerprint density at radius 2 is 2.11 bits per heavy atom. The van der Waals surface area contributed by atoms with Gasteiger partial charge in [-0.1, -0.05) is 25.2 Å². The molecule has 0 fully saturated rings. The van der Waals surface area contributed by atoms with E-state index in [1.807, 2.05) is 13.8 Å². The monoisotopic (exact) mass is 270 g/mol. The number of anilines is 2. The second-order valence-corrected chi connectivity index (χ2v) is 5.66. The van der Waals surface area contributed by atoms with E-state index in [0.29, 0.717) is 21.7 Å². The van der Waals surface area contributed by atoms with Gasteiger partial charge in [0, 0.05) is 19.6 Å². The first-order valence-electron chi connectivity index (χ1n) is 6.15. The fourth-order valence-electron chi connectivity index (χ4n) is 1.50. The standard InChI is InChI=1S/C12H22N4OS/c1-6-14-12-15-10(13)9(18-12)11(17)16(5)8(4)7(2)3/h7-8H,6,13H2,1-5H3,(H,14,15). The number of hydrogen-bond acceptors (Lipinski definition) is 5. The van der Waals surface area contributed by atoms with Gasteiger partial charge in [-0.3, -0.25) is 4.79 Å². The van der Waals surface area contributed by atoms with Crippen molar-refractivity contribution in [3.8, 4) is 0 Å². The Labute approximate surface area is 112 Å². The molecule has 1 atom stereocenters. The molecule has 0 spiro atoms. The molecule has 0 aliphatic rings. The molecule has 0 radical (unpaired) electrons. The molecule has 5 nitrogen and oxygen atoms in total. The molecule has 0 aliphatic carbocycles. The van der Waals surface area contributed by atoms with E-state index in [1.165, 1.54) is 11.3 Å². The molecule has 0 aromatic carbocycles. The minimum absolute atomic E-state index is 0.0599. The van der Waals surface area contributed by atoms with Gasteiger partial charge in [-0.05, 0) is 19.8 Å². The van der Waals surface area contributed by atoms with E-state index in [2.05, 4.69) is 24.1 Å². The van der Waals surface area contributed by atoms with E-state index in [1.54, 1.807) is 11.9 Å². The molecule has 1 amide bonds. The van der Waals surface area contributed by atoms with Crippen LogP contribution in [0.4, 0.5) is 10.9 Å². The summed E-state index contributed by atoms with van der Waals surface area (Å²) in [5.74, 6) is 0.653. The second-order valence-electron chi connectivity index (χ2n) is 4.66. The molecule has 0 bridgehead atoms. The zero-order valence-corrected chi connectivity index (χ0v) is 12.5. The number of nitrogen functional groups attached to an aromatic ring is 1. The summed E-state index contributed by atoms with van der Waals surface area (Å²) in [5.41, 5.74) is 5.80. The fourth-order valence-corrected chi connectivity index (χ4v) is 2.44. The Bertz CT molecular complexity index is 416. The normalized spacial score (nSPS) is 12.6. The Balaban J connectivity index is 2.89. The average molecular weight is 270 g/mol. The smallest absolute Gasteiger partial charge is 0.267 e. The molecule has 18 heavy (non-hydrogen) atoms. The Hall–Kier alpha value is -1.30. The van der Waals surface area contributed by atoms with Crippen LogP contribution in [0.2, 0.25) is 0 Å². The third kappa shape index (κ3) is 3.13. The average Bonchev–Trinajstić information content (AvgIpc) is 2.67. The minimum Gasteiger partial charge on any atom is -0.382 e. The zero-order valence-electron chi connectivity index (χ0n) is 11.7. The van der Waals surface area contributed by atoms with Crippen molar-refractivity contribution in [3.05, 3.63) is 4.88 Å². The summed E-state index contributed by atoms with van der Waals surface area (Å²) < 4.78 is 0. The molecule has 1 heterocycles. The van der Waals surface area contributed by atoms with Gasteiger partial charge in [0.2, 0.25) is 0 Å². The molecular formula is C12H22N4OS. The first kappa shape index (κ1) is 14.8. The number of rotatable bonds is 5. The van der Waals surface area contributed by atoms with Crippen LogP contribution in [0.15, 0.2) is 0 Å². The van der Waals surface area contributed by atoms with Crippen molar-refractivity contribution in [2.45, 2.75) is 33.7 Å². The SMILES string of the molecule is CCNc1nc(N)c(C(=O)N(C)C(C)C(C)C)s1. The number of nitrogens with two attached hydrogens (primary N) is 1. The van der Waals surface area contributed by atoms with Crippen LogP contribution in [0, 0.1) is 5.92 Å². The molecule has 1 aromatic rings. The van der Waals surface area contributed by atoms with E-state index in [0.717, 1.165) is 6.54 Å². The summed E-state index contributed by atoms with van der Waals surface area (Å²) in [5, 5.41) is 3.77. The highest BCUT2D eigenvalue weighted by molar-refractivity contribution is 7.18. The van der Waals surface area contributed by atoms with Crippen molar-refractivity contribution in [1.29, 1.82) is 0 Å². The van der Waals surface area contributed by atoms with Gasteiger partial charge in [-0.25, -0.2) is 4.98 Å². The molecule has 1 rings (SSSR count). The quantitative estimate of drug-likeness (QED) is 0.861. The van der Waals surface area contributed by atoms with Gasteiger partial charge >= 0.3 is 0 Å². The van der Waals surface area contributed by atoms with Gasteiger partial charge in [-0.2, -0.15) is 0 Å². The lowest BCUT2D eigenvalue weighted by Crippen LogP contribution is -2.38. The number of carbonyl (C=O) groups excluding carboxylic acids is 1. The van der Waals surface area contributed by atoms with E-state index < -0.39 is 0 Å². The van der Waals surface area contributed by atoms with E-state index >= 15 is 0 Å². The fraction of sp³-hybridized carbons (Fsp3) is 0.667. The number of aromatic nitrogens is 1. The first-order valence-corrected chi connectivity index (χ1v) is 6.97. The van der Waals surface area contributed by atoms with E-state index in [9.17, 15) is 4.79 Å². The highest BCUT2D eigenvalue weighted by Gasteiger charge is 2.24. The van der Waals surface area contributed by atoms with Gasteiger partial charge in [0.25, 0.3) is 5.91 Å². The van der Waals surface area contributed by atoms with Gasteiger partial charge in [0.05, 0.1) is 0 Å². The predicted molar refractivity (Wildman–Crippen MR) is 77.1 cm³/mol. The van der Waals surface area contributed by atoms with Crippen molar-refractivity contribution < 1.29 is 4.79 Å². The van der Waals surface area contributed by atoms with E-state index in [4.69, 9.17) is 5.73 Å². The number of nitrogens with one attached hydrogen (secondary N) is 1. The third-order valence-corrected chi connectivity index (χ3v) is 4.09. The van der Waals surface area contributed by atoms with Crippen molar-refractivity contribution in [3.63, 3.8) is 0 Å². The maximum Gasteiger partial charge on any atom is 0.267 e. The van der Waals surface area contributed by atoms with Crippen molar-refractivity contribution in [1.82, 2.24) is 9.88 Å². The number of hydrogen-bond donors (Lipinski definition) is 2. The largest absolute Gasteiger partial charge is 0.382 e. The van der Waals surface area contributed by atoms with Crippen molar-refractivity contribution in [2.24, 2.45) is 5.92 Å². The van der Waals surface area contributed by atoms with Crippen LogP contribution in [0.3, 0.4) is 0 Å². The Morgan fingerprint density at radius 1 is 1.50 bits per heavy atom. The molecule has 1 unspecified atom stereocenters. The van der Waals surface area contributed by atoms with Gasteiger partial charge in [0.1, 0.15) is 10.7 Å². The lowest BCUT2D eigenvalue weighted by Gasteiger charge is -2.27. The van der Waals surface area contributed by atoms with Crippen LogP contribution in [0.25, 0.3) is 0 Å². The van der Waals surface area contributed by atoms with Gasteiger partial charge in [-0.15, -0.1) is 0 Å². The molecule has 1 aromatic heterocycles. The number of thiazole rings is 1. The molecule has 6 heteroatoms. The zero-order chi connectivity index (χ0) is 13.9. The van der Waals surface area contributed by atoms with E-state index in [-0.39, 0.29) is 11.9 Å². The topological polar surface area (TPSA) is 71.2 Å². The van der Waals surface area contributed by atoms with Crippen LogP contribution >= 0.6 is 11.3 Å². The number of nitrogens with zero attached hydrogens (tertiary/aromatic N) is 2. The molecule has 102 valence electrons. The minimum atomic E-state index is -0.0599. The molecular weight excluding hydrogens is 248 g/mol. The molecule has 3 N–H and O–H groups in total. The lowest BCUT2D eigenvalue weighted by atomic mass is 10.1. The Morgan fingerprint density at radius 3 is 2.61 bits per heavy atom. The first-order chi connectivity index (χ1) is 8.38. The summed E-state index contributed by atoms with van der Waals surface area (Å²) >= 11 is 1.31. The maximum atomic E-state index is 12.3. The van der Waals surface area contributed by atoms with Crippen LogP contribution in [0.1, 0.15) is 37.4 Å². The predicted octanol–water partition coefficient (Wildman–Crippen LogP) is 2.27. The summed E-state index contributed by atoms with van der Waals surface area (Å²) in [6, 6.07) is 0.168. The van der Waals surface area contributed by atoms with Gasteiger partial charge < -0.3 is 16.0 Å². The summed E-state index contributed by atoms with van der Waals surface area (Å²) in [4.78, 5) is 18.7. The highest BCUT2D eigenvalue weighted by atomic mass is 32.1. The molecule has 0 saturated carbocycles. The summed E-state index contributed by atoms with van der Waals surface area (Å²) in [6.45, 7) is 8.96. The van der Waals surface area contributed by atoms with Crippen molar-refractivity contribution >= 4 is 28.2 Å². The van der Waals surface area contributed by atoms with Crippen LogP contribution < -0.4 is 11.1 Å². The molecule has 0 aliphatic heterocycles. The third-order valence-electron chi connectivity index (χ3n) is 3.07. The highest BCUT2D eigenvalue weighted by Crippen LogP contribution is 2.27.